The van der Waals surface area contributed by atoms with Crippen molar-refractivity contribution in [1.82, 2.24) is 5.32 Å². The highest BCUT2D eigenvalue weighted by molar-refractivity contribution is 5.97. The Morgan fingerprint density at radius 2 is 1.91 bits per heavy atom. The lowest BCUT2D eigenvalue weighted by Gasteiger charge is -2.16. The standard InChI is InChI=1S/C17H16FNO4/c1-23-17(22)15(9-11-5-7-13(18)8-6-11)19-16(21)12-3-2-4-14(20)10-12/h2-8,10,15,20H,9H2,1H3,(H,19,21)/t15-/m0/s1. The Balaban J connectivity index is 2.13. The molecule has 0 aliphatic heterocycles. The zero-order valence-corrected chi connectivity index (χ0v) is 12.5. The van der Waals surface area contributed by atoms with E-state index in [1.54, 1.807) is 0 Å². The topological polar surface area (TPSA) is 75.6 Å². The van der Waals surface area contributed by atoms with Gasteiger partial charge in [0.25, 0.3) is 5.91 Å². The first-order valence-corrected chi connectivity index (χ1v) is 6.92. The number of phenols is 1. The van der Waals surface area contributed by atoms with Gasteiger partial charge in [-0.05, 0) is 35.9 Å². The highest BCUT2D eigenvalue weighted by Crippen LogP contribution is 2.12. The third-order valence-electron chi connectivity index (χ3n) is 3.25. The molecule has 0 aliphatic rings. The van der Waals surface area contributed by atoms with Gasteiger partial charge in [0.15, 0.2) is 0 Å². The zero-order chi connectivity index (χ0) is 16.8. The van der Waals surface area contributed by atoms with Gasteiger partial charge in [-0.25, -0.2) is 9.18 Å². The Bertz CT molecular complexity index is 700. The molecule has 0 fully saturated rings. The first kappa shape index (κ1) is 16.5. The van der Waals surface area contributed by atoms with Gasteiger partial charge in [0.05, 0.1) is 7.11 Å². The second-order valence-corrected chi connectivity index (χ2v) is 4.93. The van der Waals surface area contributed by atoms with Crippen LogP contribution in [-0.2, 0) is 16.0 Å². The number of aromatic hydroxyl groups is 1. The number of nitrogens with one attached hydrogen (secondary N) is 1. The number of hydrogen-bond acceptors (Lipinski definition) is 4. The molecule has 2 N–H and O–H groups in total. The molecule has 0 saturated heterocycles. The van der Waals surface area contributed by atoms with Crippen molar-refractivity contribution in [2.45, 2.75) is 12.5 Å². The van der Waals surface area contributed by atoms with E-state index >= 15 is 0 Å². The van der Waals surface area contributed by atoms with Crippen LogP contribution in [0.1, 0.15) is 15.9 Å². The van der Waals surface area contributed by atoms with E-state index in [0.29, 0.717) is 5.56 Å². The number of hydrogen-bond donors (Lipinski definition) is 2. The predicted octanol–water partition coefficient (Wildman–Crippen LogP) is 2.05. The van der Waals surface area contributed by atoms with E-state index in [2.05, 4.69) is 5.32 Å². The molecule has 0 heterocycles. The molecule has 5 nitrogen and oxygen atoms in total. The van der Waals surface area contributed by atoms with Gasteiger partial charge in [-0.1, -0.05) is 18.2 Å². The van der Waals surface area contributed by atoms with Crippen LogP contribution < -0.4 is 5.32 Å². The van der Waals surface area contributed by atoms with Gasteiger partial charge < -0.3 is 15.2 Å². The van der Waals surface area contributed by atoms with E-state index < -0.39 is 17.9 Å². The minimum absolute atomic E-state index is 0.0502. The summed E-state index contributed by atoms with van der Waals surface area (Å²) in [7, 11) is 1.22. The number of halogens is 1. The first-order chi connectivity index (χ1) is 11.0. The van der Waals surface area contributed by atoms with Gasteiger partial charge in [0, 0.05) is 12.0 Å². The SMILES string of the molecule is COC(=O)[C@H](Cc1ccc(F)cc1)NC(=O)c1cccc(O)c1. The van der Waals surface area contributed by atoms with Crippen LogP contribution in [0.4, 0.5) is 4.39 Å². The molecule has 120 valence electrons. The number of methoxy groups -OCH3 is 1. The quantitative estimate of drug-likeness (QED) is 0.828. The molecule has 1 atom stereocenters. The summed E-state index contributed by atoms with van der Waals surface area (Å²) in [6.45, 7) is 0. The van der Waals surface area contributed by atoms with E-state index in [1.165, 1.54) is 55.6 Å². The van der Waals surface area contributed by atoms with E-state index in [0.717, 1.165) is 0 Å². The van der Waals surface area contributed by atoms with Gasteiger partial charge in [0.1, 0.15) is 17.6 Å². The van der Waals surface area contributed by atoms with Crippen LogP contribution in [0.2, 0.25) is 0 Å². The van der Waals surface area contributed by atoms with Crippen molar-refractivity contribution in [2.75, 3.05) is 7.11 Å². The normalized spacial score (nSPS) is 11.6. The maximum Gasteiger partial charge on any atom is 0.328 e. The van der Waals surface area contributed by atoms with Crippen molar-refractivity contribution in [3.05, 3.63) is 65.5 Å². The fourth-order valence-electron chi connectivity index (χ4n) is 2.08. The molecule has 2 aromatic rings. The number of carbonyl (C=O) groups is 2. The lowest BCUT2D eigenvalue weighted by molar-refractivity contribution is -0.142. The van der Waals surface area contributed by atoms with Crippen molar-refractivity contribution in [3.63, 3.8) is 0 Å². The van der Waals surface area contributed by atoms with E-state index in [9.17, 15) is 19.1 Å². The van der Waals surface area contributed by atoms with Crippen LogP contribution in [0.5, 0.6) is 5.75 Å². The molecule has 0 unspecified atom stereocenters. The van der Waals surface area contributed by atoms with Crippen molar-refractivity contribution >= 4 is 11.9 Å². The zero-order valence-electron chi connectivity index (χ0n) is 12.5. The fraction of sp³-hybridized carbons (Fsp3) is 0.176. The predicted molar refractivity (Wildman–Crippen MR) is 81.5 cm³/mol. The van der Waals surface area contributed by atoms with Crippen LogP contribution >= 0.6 is 0 Å². The summed E-state index contributed by atoms with van der Waals surface area (Å²) >= 11 is 0. The van der Waals surface area contributed by atoms with Gasteiger partial charge in [-0.15, -0.1) is 0 Å². The second-order valence-electron chi connectivity index (χ2n) is 4.93. The molecule has 0 spiro atoms. The Morgan fingerprint density at radius 3 is 2.52 bits per heavy atom. The number of amides is 1. The molecule has 0 aromatic heterocycles. The number of phenolic OH excluding ortho intramolecular Hbond substituents is 1. The number of ether oxygens (including phenoxy) is 1. The third kappa shape index (κ3) is 4.54. The molecule has 2 aromatic carbocycles. The highest BCUT2D eigenvalue weighted by Gasteiger charge is 2.22. The second kappa shape index (κ2) is 7.40. The summed E-state index contributed by atoms with van der Waals surface area (Å²) in [5.41, 5.74) is 0.899. The van der Waals surface area contributed by atoms with Crippen molar-refractivity contribution in [3.8, 4) is 5.75 Å². The molecule has 1 amide bonds. The average Bonchev–Trinajstić information content (AvgIpc) is 2.55. The summed E-state index contributed by atoms with van der Waals surface area (Å²) in [5.74, 6) is -1.56. The monoisotopic (exact) mass is 317 g/mol. The van der Waals surface area contributed by atoms with Gasteiger partial charge in [0.2, 0.25) is 0 Å². The molecular weight excluding hydrogens is 301 g/mol. The number of benzene rings is 2. The van der Waals surface area contributed by atoms with Crippen molar-refractivity contribution in [1.29, 1.82) is 0 Å². The first-order valence-electron chi connectivity index (χ1n) is 6.92. The molecule has 0 radical (unpaired) electrons. The molecule has 0 bridgehead atoms. The fourth-order valence-corrected chi connectivity index (χ4v) is 2.08. The smallest absolute Gasteiger partial charge is 0.328 e. The Kier molecular flexibility index (Phi) is 5.30. The lowest BCUT2D eigenvalue weighted by atomic mass is 10.1. The molecule has 0 saturated carbocycles. The van der Waals surface area contributed by atoms with Crippen LogP contribution in [0.15, 0.2) is 48.5 Å². The molecule has 6 heteroatoms. The van der Waals surface area contributed by atoms with Gasteiger partial charge >= 0.3 is 5.97 Å². The van der Waals surface area contributed by atoms with E-state index in [1.807, 2.05) is 0 Å². The van der Waals surface area contributed by atoms with Crippen LogP contribution in [-0.4, -0.2) is 30.1 Å². The van der Waals surface area contributed by atoms with Gasteiger partial charge in [-0.2, -0.15) is 0 Å². The minimum Gasteiger partial charge on any atom is -0.508 e. The van der Waals surface area contributed by atoms with Crippen molar-refractivity contribution in [2.24, 2.45) is 0 Å². The number of rotatable bonds is 5. The number of carbonyl (C=O) groups excluding carboxylic acids is 2. The Hall–Kier alpha value is -2.89. The maximum absolute atomic E-state index is 12.9. The third-order valence-corrected chi connectivity index (χ3v) is 3.25. The van der Waals surface area contributed by atoms with Crippen molar-refractivity contribution < 1.29 is 23.8 Å². The summed E-state index contributed by atoms with van der Waals surface area (Å²) in [5, 5.41) is 12.0. The van der Waals surface area contributed by atoms with Crippen LogP contribution in [0.25, 0.3) is 0 Å². The summed E-state index contributed by atoms with van der Waals surface area (Å²) in [6.07, 6.45) is 0.164. The lowest BCUT2D eigenvalue weighted by Crippen LogP contribution is -2.43. The summed E-state index contributed by atoms with van der Waals surface area (Å²) in [4.78, 5) is 24.0. The minimum atomic E-state index is -0.916. The van der Waals surface area contributed by atoms with Crippen LogP contribution in [0, 0.1) is 5.82 Å². The maximum atomic E-state index is 12.9. The van der Waals surface area contributed by atoms with E-state index in [-0.39, 0.29) is 23.6 Å². The molecular formula is C17H16FNO4. The largest absolute Gasteiger partial charge is 0.508 e. The summed E-state index contributed by atoms with van der Waals surface area (Å²) in [6, 6.07) is 10.5. The van der Waals surface area contributed by atoms with Crippen LogP contribution in [0.3, 0.4) is 0 Å². The highest BCUT2D eigenvalue weighted by atomic mass is 19.1. The van der Waals surface area contributed by atoms with E-state index in [4.69, 9.17) is 4.74 Å². The number of esters is 1. The van der Waals surface area contributed by atoms with Gasteiger partial charge in [-0.3, -0.25) is 4.79 Å². The molecule has 0 aliphatic carbocycles. The average molecular weight is 317 g/mol. The Labute approximate surface area is 132 Å². The molecule has 23 heavy (non-hydrogen) atoms. The molecule has 2 rings (SSSR count). The Morgan fingerprint density at radius 1 is 1.22 bits per heavy atom. The summed E-state index contributed by atoms with van der Waals surface area (Å²) < 4.78 is 17.6.